The second kappa shape index (κ2) is 8.25. The van der Waals surface area contributed by atoms with Crippen molar-refractivity contribution < 1.29 is 27.2 Å². The second-order valence-electron chi connectivity index (χ2n) is 6.89. The summed E-state index contributed by atoms with van der Waals surface area (Å²) in [7, 11) is 0. The summed E-state index contributed by atoms with van der Waals surface area (Å²) in [4.78, 5) is 25.0. The van der Waals surface area contributed by atoms with E-state index in [0.717, 1.165) is 23.5 Å². The molecule has 3 heterocycles. The van der Waals surface area contributed by atoms with Gasteiger partial charge in [0.15, 0.2) is 0 Å². The van der Waals surface area contributed by atoms with Crippen LogP contribution < -0.4 is 9.64 Å². The highest BCUT2D eigenvalue weighted by Crippen LogP contribution is 2.24. The number of amides is 1. The average molecular weight is 433 g/mol. The number of carbonyl (C=O) groups excluding carboxylic acids is 1. The molecule has 1 aliphatic heterocycles. The van der Waals surface area contributed by atoms with E-state index in [9.17, 15) is 18.0 Å². The molecule has 1 aliphatic rings. The molecule has 0 saturated carbocycles. The van der Waals surface area contributed by atoms with E-state index in [1.165, 1.54) is 12.1 Å². The van der Waals surface area contributed by atoms with Crippen molar-refractivity contribution in [2.45, 2.75) is 13.3 Å². The van der Waals surface area contributed by atoms with Gasteiger partial charge in [-0.05, 0) is 36.4 Å². The summed E-state index contributed by atoms with van der Waals surface area (Å²) >= 11 is 0. The van der Waals surface area contributed by atoms with Crippen LogP contribution in [0.25, 0.3) is 11.4 Å². The summed E-state index contributed by atoms with van der Waals surface area (Å²) in [6.07, 6.45) is -3.10. The van der Waals surface area contributed by atoms with E-state index >= 15 is 0 Å². The summed E-state index contributed by atoms with van der Waals surface area (Å²) in [5.74, 6) is 1.11. The fourth-order valence-electron chi connectivity index (χ4n) is 3.24. The minimum atomic E-state index is -4.77. The fourth-order valence-corrected chi connectivity index (χ4v) is 3.24. The van der Waals surface area contributed by atoms with Gasteiger partial charge in [-0.3, -0.25) is 4.79 Å². The van der Waals surface area contributed by atoms with Gasteiger partial charge < -0.3 is 19.1 Å². The summed E-state index contributed by atoms with van der Waals surface area (Å²) in [6.45, 7) is 3.80. The number of rotatable bonds is 4. The number of ether oxygens (including phenoxy) is 1. The third-order valence-electron chi connectivity index (χ3n) is 4.76. The van der Waals surface area contributed by atoms with Crippen molar-refractivity contribution in [1.29, 1.82) is 0 Å². The van der Waals surface area contributed by atoms with Crippen molar-refractivity contribution in [3.63, 3.8) is 0 Å². The van der Waals surface area contributed by atoms with Crippen molar-refractivity contribution in [1.82, 2.24) is 20.0 Å². The van der Waals surface area contributed by atoms with E-state index in [1.807, 2.05) is 12.1 Å². The molecule has 0 radical (unpaired) electrons. The number of hydrogen-bond acceptors (Lipinski definition) is 7. The highest BCUT2D eigenvalue weighted by Gasteiger charge is 2.31. The molecule has 0 bridgehead atoms. The number of alkyl halides is 3. The maximum atomic E-state index is 12.6. The Bertz CT molecular complexity index is 1040. The molecule has 1 aromatic carbocycles. The maximum absolute atomic E-state index is 12.6. The first kappa shape index (κ1) is 20.6. The Labute approximate surface area is 175 Å². The molecule has 3 aromatic rings. The van der Waals surface area contributed by atoms with Crippen LogP contribution in [0.3, 0.4) is 0 Å². The van der Waals surface area contributed by atoms with Crippen LogP contribution in [0.4, 0.5) is 19.0 Å². The molecule has 0 spiro atoms. The van der Waals surface area contributed by atoms with E-state index in [4.69, 9.17) is 4.52 Å². The van der Waals surface area contributed by atoms with E-state index < -0.39 is 6.36 Å². The van der Waals surface area contributed by atoms with Crippen molar-refractivity contribution >= 4 is 11.7 Å². The van der Waals surface area contributed by atoms with Crippen LogP contribution in [-0.4, -0.2) is 58.5 Å². The van der Waals surface area contributed by atoms with Gasteiger partial charge in [-0.15, -0.1) is 13.2 Å². The lowest BCUT2D eigenvalue weighted by Crippen LogP contribution is -2.49. The van der Waals surface area contributed by atoms with Gasteiger partial charge in [0.05, 0.1) is 0 Å². The largest absolute Gasteiger partial charge is 0.573 e. The Morgan fingerprint density at radius 2 is 1.77 bits per heavy atom. The van der Waals surface area contributed by atoms with Crippen molar-refractivity contribution in [2.75, 3.05) is 31.1 Å². The lowest BCUT2D eigenvalue weighted by molar-refractivity contribution is -0.274. The number of aromatic nitrogens is 3. The van der Waals surface area contributed by atoms with Gasteiger partial charge in [0.1, 0.15) is 11.6 Å². The zero-order chi connectivity index (χ0) is 22.0. The number of hydrogen-bond donors (Lipinski definition) is 0. The number of anilines is 1. The van der Waals surface area contributed by atoms with Gasteiger partial charge in [0.2, 0.25) is 11.7 Å². The van der Waals surface area contributed by atoms with Crippen molar-refractivity contribution in [3.05, 3.63) is 54.0 Å². The second-order valence-corrected chi connectivity index (χ2v) is 6.89. The van der Waals surface area contributed by atoms with Gasteiger partial charge in [0, 0.05) is 50.4 Å². The highest BCUT2D eigenvalue weighted by molar-refractivity contribution is 5.94. The van der Waals surface area contributed by atoms with Crippen LogP contribution in [0.2, 0.25) is 0 Å². The number of benzene rings is 1. The summed E-state index contributed by atoms with van der Waals surface area (Å²) < 4.78 is 45.6. The highest BCUT2D eigenvalue weighted by atomic mass is 19.4. The minimum Gasteiger partial charge on any atom is -0.406 e. The quantitative estimate of drug-likeness (QED) is 0.624. The molecule has 0 aliphatic carbocycles. The molecule has 0 unspecified atom stereocenters. The number of carbonyl (C=O) groups is 1. The molecule has 11 heteroatoms. The Balaban J connectivity index is 1.34. The van der Waals surface area contributed by atoms with Crippen LogP contribution in [0.15, 0.2) is 47.1 Å². The van der Waals surface area contributed by atoms with E-state index in [1.54, 1.807) is 18.0 Å². The Morgan fingerprint density at radius 1 is 1.06 bits per heavy atom. The van der Waals surface area contributed by atoms with Crippen LogP contribution in [-0.2, 0) is 0 Å². The Morgan fingerprint density at radius 3 is 2.32 bits per heavy atom. The number of halogens is 3. The monoisotopic (exact) mass is 433 g/mol. The zero-order valence-electron chi connectivity index (χ0n) is 16.5. The smallest absolute Gasteiger partial charge is 0.406 e. The summed E-state index contributed by atoms with van der Waals surface area (Å²) in [5.41, 5.74) is 1.05. The predicted molar refractivity (Wildman–Crippen MR) is 104 cm³/mol. The molecule has 0 N–H and O–H groups in total. The van der Waals surface area contributed by atoms with Crippen molar-refractivity contribution in [3.8, 4) is 17.1 Å². The lowest BCUT2D eigenvalue weighted by atomic mass is 10.1. The third kappa shape index (κ3) is 4.93. The molecule has 2 aromatic heterocycles. The first-order valence-corrected chi connectivity index (χ1v) is 9.45. The average Bonchev–Trinajstić information content (AvgIpc) is 3.19. The van der Waals surface area contributed by atoms with Crippen LogP contribution in [0, 0.1) is 6.92 Å². The van der Waals surface area contributed by atoms with Crippen LogP contribution in [0.5, 0.6) is 5.75 Å². The number of piperazine rings is 1. The topological polar surface area (TPSA) is 84.6 Å². The van der Waals surface area contributed by atoms with E-state index in [2.05, 4.69) is 24.8 Å². The van der Waals surface area contributed by atoms with Gasteiger partial charge in [-0.1, -0.05) is 5.16 Å². The minimum absolute atomic E-state index is 0.242. The summed E-state index contributed by atoms with van der Waals surface area (Å²) in [6, 6.07) is 8.64. The first-order valence-electron chi connectivity index (χ1n) is 9.45. The number of pyridine rings is 1. The molecule has 0 atom stereocenters. The molecule has 1 amide bonds. The summed E-state index contributed by atoms with van der Waals surface area (Å²) in [5, 5.41) is 3.86. The number of aryl methyl sites for hydroxylation is 1. The lowest BCUT2D eigenvalue weighted by Gasteiger charge is -2.35. The Hall–Kier alpha value is -3.63. The fraction of sp³-hybridized carbons (Fsp3) is 0.300. The molecule has 1 fully saturated rings. The van der Waals surface area contributed by atoms with E-state index in [-0.39, 0.29) is 11.7 Å². The van der Waals surface area contributed by atoms with Gasteiger partial charge >= 0.3 is 6.36 Å². The zero-order valence-corrected chi connectivity index (χ0v) is 16.5. The molecule has 31 heavy (non-hydrogen) atoms. The maximum Gasteiger partial charge on any atom is 0.573 e. The third-order valence-corrected chi connectivity index (χ3v) is 4.76. The molecular weight excluding hydrogens is 415 g/mol. The van der Waals surface area contributed by atoms with Crippen LogP contribution in [0.1, 0.15) is 16.2 Å². The number of nitrogens with zero attached hydrogens (tertiary/aromatic N) is 5. The molecular formula is C20H18F3N5O3. The van der Waals surface area contributed by atoms with Crippen molar-refractivity contribution in [2.24, 2.45) is 0 Å². The van der Waals surface area contributed by atoms with Gasteiger partial charge in [0.25, 0.3) is 5.91 Å². The van der Waals surface area contributed by atoms with Gasteiger partial charge in [-0.2, -0.15) is 4.98 Å². The predicted octanol–water partition coefficient (Wildman–Crippen LogP) is 3.30. The first-order chi connectivity index (χ1) is 14.8. The molecule has 162 valence electrons. The Kier molecular flexibility index (Phi) is 5.49. The molecule has 4 rings (SSSR count). The van der Waals surface area contributed by atoms with Crippen LogP contribution >= 0.6 is 0 Å². The normalized spacial score (nSPS) is 14.6. The molecule has 8 nitrogen and oxygen atoms in total. The standard InChI is InChI=1S/C20H18F3N5O3/c1-13-25-18(26-31-13)15-4-7-17(24-12-15)27-8-10-28(11-9-27)19(29)14-2-5-16(6-3-14)30-20(21,22)23/h2-7,12H,8-11H2,1H3. The SMILES string of the molecule is Cc1nc(-c2ccc(N3CCN(C(=O)c4ccc(OC(F)(F)F)cc4)CC3)nc2)no1. The molecule has 1 saturated heterocycles. The van der Waals surface area contributed by atoms with E-state index in [0.29, 0.717) is 43.5 Å². The van der Waals surface area contributed by atoms with Gasteiger partial charge in [-0.25, -0.2) is 4.98 Å².